The van der Waals surface area contributed by atoms with Gasteiger partial charge in [0.25, 0.3) is 0 Å². The van der Waals surface area contributed by atoms with Crippen LogP contribution in [0.1, 0.15) is 48.2 Å². The molecule has 1 N–H and O–H groups in total. The molecule has 0 amide bonds. The van der Waals surface area contributed by atoms with E-state index >= 15 is 0 Å². The Labute approximate surface area is 121 Å². The van der Waals surface area contributed by atoms with Gasteiger partial charge in [0.1, 0.15) is 5.60 Å². The number of ether oxygens (including phenoxy) is 1. The Morgan fingerprint density at radius 2 is 1.75 bits per heavy atom. The largest absolute Gasteiger partial charge is 0.456 e. The summed E-state index contributed by atoms with van der Waals surface area (Å²) in [5.74, 6) is 0.237. The summed E-state index contributed by atoms with van der Waals surface area (Å²) in [6, 6.07) is 5.89. The van der Waals surface area contributed by atoms with Crippen molar-refractivity contribution in [3.8, 4) is 0 Å². The van der Waals surface area contributed by atoms with Crippen molar-refractivity contribution in [3.05, 3.63) is 34.9 Å². The lowest BCUT2D eigenvalue weighted by Crippen LogP contribution is -2.43. The molecule has 0 aliphatic carbocycles. The lowest BCUT2D eigenvalue weighted by molar-refractivity contribution is -0.0369. The fourth-order valence-electron chi connectivity index (χ4n) is 3.03. The Balaban J connectivity index is 2.14. The maximum absolute atomic E-state index is 12.5. The van der Waals surface area contributed by atoms with Gasteiger partial charge in [0.15, 0.2) is 0 Å². The number of piperidine rings is 1. The van der Waals surface area contributed by atoms with Crippen molar-refractivity contribution in [1.29, 1.82) is 0 Å². The summed E-state index contributed by atoms with van der Waals surface area (Å²) < 4.78 is 5.86. The summed E-state index contributed by atoms with van der Waals surface area (Å²) in [7, 11) is 0. The van der Waals surface area contributed by atoms with E-state index in [1.165, 1.54) is 0 Å². The van der Waals surface area contributed by atoms with Crippen molar-refractivity contribution < 1.29 is 9.53 Å². The summed E-state index contributed by atoms with van der Waals surface area (Å²) in [6.45, 7) is 10.0. The van der Waals surface area contributed by atoms with Gasteiger partial charge in [-0.1, -0.05) is 18.2 Å². The lowest BCUT2D eigenvalue weighted by atomic mass is 9.83. The van der Waals surface area contributed by atoms with Gasteiger partial charge in [-0.15, -0.1) is 0 Å². The van der Waals surface area contributed by atoms with Crippen LogP contribution in [0.25, 0.3) is 0 Å². The van der Waals surface area contributed by atoms with Gasteiger partial charge in [0.2, 0.25) is 0 Å². The number of hydrogen-bond acceptors (Lipinski definition) is 3. The van der Waals surface area contributed by atoms with Gasteiger partial charge in [-0.25, -0.2) is 4.79 Å². The standard InChI is InChI=1S/C17H25NO2/c1-12-6-5-7-13(2)15(12)16(19)20-17(3,4)14-8-10-18-11-9-14/h5-7,14,18H,8-11H2,1-4H3. The van der Waals surface area contributed by atoms with Crippen LogP contribution in [0.4, 0.5) is 0 Å². The van der Waals surface area contributed by atoms with Crippen molar-refractivity contribution in [2.24, 2.45) is 5.92 Å². The third-order valence-electron chi connectivity index (χ3n) is 4.36. The van der Waals surface area contributed by atoms with Crippen LogP contribution in [0, 0.1) is 19.8 Å². The minimum Gasteiger partial charge on any atom is -0.456 e. The molecule has 1 aliphatic heterocycles. The summed E-state index contributed by atoms with van der Waals surface area (Å²) >= 11 is 0. The van der Waals surface area contributed by atoms with E-state index in [9.17, 15) is 4.79 Å². The normalized spacial score (nSPS) is 17.0. The molecule has 1 aromatic carbocycles. The Hall–Kier alpha value is -1.35. The molecule has 1 fully saturated rings. The first-order chi connectivity index (χ1) is 9.42. The van der Waals surface area contributed by atoms with Crippen molar-refractivity contribution in [3.63, 3.8) is 0 Å². The van der Waals surface area contributed by atoms with Crippen LogP contribution < -0.4 is 5.32 Å². The number of rotatable bonds is 3. The molecule has 0 spiro atoms. The van der Waals surface area contributed by atoms with E-state index in [1.54, 1.807) is 0 Å². The van der Waals surface area contributed by atoms with Crippen LogP contribution >= 0.6 is 0 Å². The zero-order valence-electron chi connectivity index (χ0n) is 13.0. The van der Waals surface area contributed by atoms with Crippen LogP contribution in [0.3, 0.4) is 0 Å². The van der Waals surface area contributed by atoms with Crippen LogP contribution in [-0.4, -0.2) is 24.7 Å². The monoisotopic (exact) mass is 275 g/mol. The molecule has 3 heteroatoms. The van der Waals surface area contributed by atoms with Gasteiger partial charge < -0.3 is 10.1 Å². The number of hydrogen-bond donors (Lipinski definition) is 1. The Morgan fingerprint density at radius 1 is 1.20 bits per heavy atom. The van der Waals surface area contributed by atoms with E-state index in [-0.39, 0.29) is 5.97 Å². The van der Waals surface area contributed by atoms with E-state index in [1.807, 2.05) is 45.9 Å². The zero-order chi connectivity index (χ0) is 14.8. The van der Waals surface area contributed by atoms with Crippen molar-refractivity contribution in [2.75, 3.05) is 13.1 Å². The fourth-order valence-corrected chi connectivity index (χ4v) is 3.03. The minimum absolute atomic E-state index is 0.191. The van der Waals surface area contributed by atoms with Crippen molar-refractivity contribution in [1.82, 2.24) is 5.32 Å². The SMILES string of the molecule is Cc1cccc(C)c1C(=O)OC(C)(C)C1CCNCC1. The second-order valence-corrected chi connectivity index (χ2v) is 6.28. The number of nitrogens with one attached hydrogen (secondary N) is 1. The molecule has 2 rings (SSSR count). The summed E-state index contributed by atoms with van der Waals surface area (Å²) in [5.41, 5.74) is 2.27. The molecule has 110 valence electrons. The number of benzene rings is 1. The minimum atomic E-state index is -0.409. The number of carbonyl (C=O) groups is 1. The molecule has 0 atom stereocenters. The first-order valence-corrected chi connectivity index (χ1v) is 7.42. The number of esters is 1. The van der Waals surface area contributed by atoms with Gasteiger partial charge in [0, 0.05) is 5.92 Å². The zero-order valence-corrected chi connectivity index (χ0v) is 13.0. The van der Waals surface area contributed by atoms with E-state index < -0.39 is 5.60 Å². The Morgan fingerprint density at radius 3 is 2.30 bits per heavy atom. The highest BCUT2D eigenvalue weighted by Gasteiger charge is 2.34. The quantitative estimate of drug-likeness (QED) is 0.861. The van der Waals surface area contributed by atoms with E-state index in [0.717, 1.165) is 42.6 Å². The van der Waals surface area contributed by atoms with Gasteiger partial charge in [-0.05, 0) is 64.8 Å². The fraction of sp³-hybridized carbons (Fsp3) is 0.588. The molecule has 0 unspecified atom stereocenters. The van der Waals surface area contributed by atoms with Crippen LogP contribution in [0.15, 0.2) is 18.2 Å². The Bertz CT molecular complexity index is 468. The van der Waals surface area contributed by atoms with Gasteiger partial charge >= 0.3 is 5.97 Å². The van der Waals surface area contributed by atoms with Gasteiger partial charge in [-0.3, -0.25) is 0 Å². The highest BCUT2D eigenvalue weighted by Crippen LogP contribution is 2.30. The second-order valence-electron chi connectivity index (χ2n) is 6.28. The first-order valence-electron chi connectivity index (χ1n) is 7.42. The third-order valence-corrected chi connectivity index (χ3v) is 4.36. The second kappa shape index (κ2) is 5.96. The molecular formula is C17H25NO2. The smallest absolute Gasteiger partial charge is 0.339 e. The van der Waals surface area contributed by atoms with Crippen LogP contribution in [0.5, 0.6) is 0 Å². The van der Waals surface area contributed by atoms with E-state index in [4.69, 9.17) is 4.74 Å². The van der Waals surface area contributed by atoms with Crippen molar-refractivity contribution >= 4 is 5.97 Å². The molecule has 0 bridgehead atoms. The lowest BCUT2D eigenvalue weighted by Gasteiger charge is -2.36. The molecular weight excluding hydrogens is 250 g/mol. The Kier molecular flexibility index (Phi) is 4.48. The molecule has 1 aliphatic rings. The molecule has 0 aromatic heterocycles. The molecule has 0 saturated carbocycles. The summed E-state index contributed by atoms with van der Waals surface area (Å²) in [6.07, 6.45) is 2.13. The topological polar surface area (TPSA) is 38.3 Å². The van der Waals surface area contributed by atoms with Crippen LogP contribution in [0.2, 0.25) is 0 Å². The maximum Gasteiger partial charge on any atom is 0.339 e. The summed E-state index contributed by atoms with van der Waals surface area (Å²) in [4.78, 5) is 12.5. The molecule has 0 radical (unpaired) electrons. The number of aryl methyl sites for hydroxylation is 2. The average molecular weight is 275 g/mol. The molecule has 1 aromatic rings. The highest BCUT2D eigenvalue weighted by atomic mass is 16.6. The van der Waals surface area contributed by atoms with Crippen molar-refractivity contribution in [2.45, 2.75) is 46.1 Å². The molecule has 1 heterocycles. The van der Waals surface area contributed by atoms with Crippen LogP contribution in [-0.2, 0) is 4.74 Å². The number of carbonyl (C=O) groups excluding carboxylic acids is 1. The average Bonchev–Trinajstić information content (AvgIpc) is 2.39. The highest BCUT2D eigenvalue weighted by molar-refractivity contribution is 5.92. The third kappa shape index (κ3) is 3.21. The van der Waals surface area contributed by atoms with E-state index in [2.05, 4.69) is 5.32 Å². The predicted molar refractivity (Wildman–Crippen MR) is 81.0 cm³/mol. The van der Waals surface area contributed by atoms with Gasteiger partial charge in [0.05, 0.1) is 5.56 Å². The molecule has 3 nitrogen and oxygen atoms in total. The van der Waals surface area contributed by atoms with Gasteiger partial charge in [-0.2, -0.15) is 0 Å². The predicted octanol–water partition coefficient (Wildman–Crippen LogP) is 3.24. The van der Waals surface area contributed by atoms with E-state index in [0.29, 0.717) is 5.92 Å². The molecule has 20 heavy (non-hydrogen) atoms. The molecule has 1 saturated heterocycles. The maximum atomic E-state index is 12.5. The summed E-state index contributed by atoms with van der Waals surface area (Å²) in [5, 5.41) is 3.35. The first kappa shape index (κ1) is 15.0.